The number of hydrogen-bond donors (Lipinski definition) is 2. The van der Waals surface area contributed by atoms with Crippen molar-refractivity contribution >= 4 is 5.91 Å². The predicted octanol–water partition coefficient (Wildman–Crippen LogP) is 1.19. The Morgan fingerprint density at radius 2 is 2.32 bits per heavy atom. The van der Waals surface area contributed by atoms with Crippen molar-refractivity contribution in [3.05, 3.63) is 33.2 Å². The highest BCUT2D eigenvalue weighted by Crippen LogP contribution is 2.12. The van der Waals surface area contributed by atoms with Gasteiger partial charge in [0, 0.05) is 24.4 Å². The summed E-state index contributed by atoms with van der Waals surface area (Å²) in [5.41, 5.74) is 2.09. The van der Waals surface area contributed by atoms with Crippen LogP contribution >= 0.6 is 0 Å². The highest BCUT2D eigenvalue weighted by molar-refractivity contribution is 5.80. The van der Waals surface area contributed by atoms with Crippen molar-refractivity contribution in [3.8, 4) is 0 Å². The van der Waals surface area contributed by atoms with Gasteiger partial charge in [-0.15, -0.1) is 0 Å². The highest BCUT2D eigenvalue weighted by atomic mass is 16.5. The summed E-state index contributed by atoms with van der Waals surface area (Å²) in [6.07, 6.45) is 1.56. The normalized spacial score (nSPS) is 19.1. The van der Waals surface area contributed by atoms with Crippen LogP contribution in [0.2, 0.25) is 0 Å². The third-order valence-electron chi connectivity index (χ3n) is 3.86. The number of hydrogen-bond acceptors (Lipinski definition) is 4. The van der Waals surface area contributed by atoms with Crippen LogP contribution in [0.25, 0.3) is 0 Å². The van der Waals surface area contributed by atoms with E-state index >= 15 is 0 Å². The molecule has 0 unspecified atom stereocenters. The number of carbonyl (C=O) groups excluding carboxylic acids is 1. The van der Waals surface area contributed by atoms with Gasteiger partial charge in [-0.2, -0.15) is 0 Å². The van der Waals surface area contributed by atoms with Gasteiger partial charge < -0.3 is 19.8 Å². The number of nitrogens with one attached hydrogen (secondary N) is 2. The molecule has 22 heavy (non-hydrogen) atoms. The van der Waals surface area contributed by atoms with E-state index in [2.05, 4.69) is 10.3 Å². The Labute approximate surface area is 130 Å². The fraction of sp³-hybridized carbons (Fsp3) is 0.625. The average molecular weight is 308 g/mol. The molecule has 0 radical (unpaired) electrons. The minimum absolute atomic E-state index is 0.0948. The van der Waals surface area contributed by atoms with E-state index in [1.807, 2.05) is 19.9 Å². The molecule has 122 valence electrons. The van der Waals surface area contributed by atoms with Crippen LogP contribution in [0, 0.1) is 13.8 Å². The van der Waals surface area contributed by atoms with Crippen molar-refractivity contribution in [2.45, 2.75) is 52.4 Å². The van der Waals surface area contributed by atoms with Crippen LogP contribution in [-0.4, -0.2) is 36.3 Å². The van der Waals surface area contributed by atoms with E-state index in [-0.39, 0.29) is 24.1 Å². The number of amides is 1. The molecule has 2 atom stereocenters. The van der Waals surface area contributed by atoms with Crippen LogP contribution in [0.5, 0.6) is 0 Å². The molecule has 1 aliphatic rings. The largest absolute Gasteiger partial charge is 0.376 e. The van der Waals surface area contributed by atoms with Crippen molar-refractivity contribution in [2.24, 2.45) is 0 Å². The number of pyridine rings is 1. The van der Waals surface area contributed by atoms with Crippen molar-refractivity contribution < 1.29 is 14.3 Å². The number of aromatic amines is 1. The predicted molar refractivity (Wildman–Crippen MR) is 82.8 cm³/mol. The van der Waals surface area contributed by atoms with Gasteiger partial charge in [-0.05, 0) is 45.2 Å². The minimum atomic E-state index is -0.561. The van der Waals surface area contributed by atoms with Gasteiger partial charge in [-0.3, -0.25) is 9.59 Å². The van der Waals surface area contributed by atoms with E-state index in [0.29, 0.717) is 12.2 Å². The SMILES string of the molecule is Cc1cc(C)c(CNC(=O)[C@@H](C)OC[C@@H]2CCCO2)c(=O)[nH]1. The second-order valence-electron chi connectivity index (χ2n) is 5.77. The van der Waals surface area contributed by atoms with Crippen LogP contribution < -0.4 is 10.9 Å². The number of H-pyrrole nitrogens is 1. The smallest absolute Gasteiger partial charge is 0.253 e. The molecule has 1 amide bonds. The van der Waals surface area contributed by atoms with Gasteiger partial charge >= 0.3 is 0 Å². The zero-order valence-corrected chi connectivity index (χ0v) is 13.4. The molecule has 6 heteroatoms. The molecule has 2 N–H and O–H groups in total. The lowest BCUT2D eigenvalue weighted by Crippen LogP contribution is -2.37. The van der Waals surface area contributed by atoms with Gasteiger partial charge in [0.15, 0.2) is 0 Å². The van der Waals surface area contributed by atoms with Gasteiger partial charge in [-0.25, -0.2) is 0 Å². The van der Waals surface area contributed by atoms with Crippen molar-refractivity contribution in [3.63, 3.8) is 0 Å². The molecule has 1 saturated heterocycles. The summed E-state index contributed by atoms with van der Waals surface area (Å²) in [4.78, 5) is 26.6. The molecule has 1 aliphatic heterocycles. The first-order chi connectivity index (χ1) is 10.5. The Kier molecular flexibility index (Phi) is 5.74. The van der Waals surface area contributed by atoms with E-state index in [0.717, 1.165) is 30.7 Å². The molecular formula is C16H24N2O4. The topological polar surface area (TPSA) is 80.4 Å². The van der Waals surface area contributed by atoms with Crippen LogP contribution in [0.3, 0.4) is 0 Å². The first kappa shape index (κ1) is 16.7. The fourth-order valence-corrected chi connectivity index (χ4v) is 2.52. The Hall–Kier alpha value is -1.66. The Morgan fingerprint density at radius 3 is 2.95 bits per heavy atom. The fourth-order valence-electron chi connectivity index (χ4n) is 2.52. The summed E-state index contributed by atoms with van der Waals surface area (Å²) in [7, 11) is 0. The molecule has 2 rings (SSSR count). The molecular weight excluding hydrogens is 284 g/mol. The van der Waals surface area contributed by atoms with Gasteiger partial charge in [0.1, 0.15) is 6.10 Å². The first-order valence-electron chi connectivity index (χ1n) is 7.67. The number of aromatic nitrogens is 1. The average Bonchev–Trinajstić information content (AvgIpc) is 2.96. The highest BCUT2D eigenvalue weighted by Gasteiger charge is 2.20. The summed E-state index contributed by atoms with van der Waals surface area (Å²) in [6, 6.07) is 1.89. The van der Waals surface area contributed by atoms with E-state index in [1.165, 1.54) is 0 Å². The van der Waals surface area contributed by atoms with Crippen molar-refractivity contribution in [1.82, 2.24) is 10.3 Å². The lowest BCUT2D eigenvalue weighted by atomic mass is 10.1. The third-order valence-corrected chi connectivity index (χ3v) is 3.86. The maximum absolute atomic E-state index is 12.0. The minimum Gasteiger partial charge on any atom is -0.376 e. The summed E-state index contributed by atoms with van der Waals surface area (Å²) in [6.45, 7) is 6.80. The van der Waals surface area contributed by atoms with E-state index in [4.69, 9.17) is 9.47 Å². The van der Waals surface area contributed by atoms with E-state index in [1.54, 1.807) is 6.92 Å². The summed E-state index contributed by atoms with van der Waals surface area (Å²) >= 11 is 0. The van der Waals surface area contributed by atoms with Crippen LogP contribution in [0.4, 0.5) is 0 Å². The summed E-state index contributed by atoms with van der Waals surface area (Å²) < 4.78 is 11.0. The molecule has 2 heterocycles. The van der Waals surface area contributed by atoms with Gasteiger partial charge in [-0.1, -0.05) is 0 Å². The second-order valence-corrected chi connectivity index (χ2v) is 5.77. The number of aryl methyl sites for hydroxylation is 2. The zero-order chi connectivity index (χ0) is 16.1. The van der Waals surface area contributed by atoms with Crippen LogP contribution in [0.15, 0.2) is 10.9 Å². The lowest BCUT2D eigenvalue weighted by molar-refractivity contribution is -0.133. The number of carbonyl (C=O) groups is 1. The molecule has 0 saturated carbocycles. The molecule has 0 spiro atoms. The molecule has 0 bridgehead atoms. The number of rotatable bonds is 6. The molecule has 1 aromatic rings. The third kappa shape index (κ3) is 4.42. The van der Waals surface area contributed by atoms with Gasteiger partial charge in [0.05, 0.1) is 12.7 Å². The molecule has 1 aromatic heterocycles. The van der Waals surface area contributed by atoms with Gasteiger partial charge in [0.2, 0.25) is 5.91 Å². The standard InChI is InChI=1S/C16H24N2O4/c1-10-7-11(2)18-16(20)14(10)8-17-15(19)12(3)22-9-13-5-4-6-21-13/h7,12-13H,4-6,8-9H2,1-3H3,(H,17,19)(H,18,20)/t12-,13+/m1/s1. The Morgan fingerprint density at radius 1 is 1.55 bits per heavy atom. The molecule has 1 fully saturated rings. The van der Waals surface area contributed by atoms with Gasteiger partial charge in [0.25, 0.3) is 5.56 Å². The molecule has 0 aliphatic carbocycles. The first-order valence-corrected chi connectivity index (χ1v) is 7.67. The van der Waals surface area contributed by atoms with E-state index < -0.39 is 6.10 Å². The number of ether oxygens (including phenoxy) is 2. The molecule has 0 aromatic carbocycles. The lowest BCUT2D eigenvalue weighted by Gasteiger charge is -2.16. The summed E-state index contributed by atoms with van der Waals surface area (Å²) in [5, 5.41) is 2.75. The quantitative estimate of drug-likeness (QED) is 0.827. The van der Waals surface area contributed by atoms with Crippen molar-refractivity contribution in [2.75, 3.05) is 13.2 Å². The zero-order valence-electron chi connectivity index (χ0n) is 13.4. The monoisotopic (exact) mass is 308 g/mol. The van der Waals surface area contributed by atoms with Crippen LogP contribution in [-0.2, 0) is 20.8 Å². The van der Waals surface area contributed by atoms with E-state index in [9.17, 15) is 9.59 Å². The Bertz CT molecular complexity index is 576. The summed E-state index contributed by atoms with van der Waals surface area (Å²) in [5.74, 6) is -0.225. The maximum Gasteiger partial charge on any atom is 0.253 e. The maximum atomic E-state index is 12.0. The van der Waals surface area contributed by atoms with Crippen LogP contribution in [0.1, 0.15) is 36.6 Å². The Balaban J connectivity index is 1.83. The second kappa shape index (κ2) is 7.56. The van der Waals surface area contributed by atoms with Crippen molar-refractivity contribution in [1.29, 1.82) is 0 Å². The molecule has 6 nitrogen and oxygen atoms in total.